The molecule has 2 aromatic carbocycles. The number of rotatable bonds is 5. The molecule has 5 nitrogen and oxygen atoms in total. The van der Waals surface area contributed by atoms with Crippen LogP contribution in [0.2, 0.25) is 0 Å². The Morgan fingerprint density at radius 3 is 2.67 bits per heavy atom. The van der Waals surface area contributed by atoms with Crippen molar-refractivity contribution >= 4 is 33.4 Å². The highest BCUT2D eigenvalue weighted by Gasteiger charge is 2.07. The van der Waals surface area contributed by atoms with Crippen LogP contribution in [0.1, 0.15) is 11.1 Å². The SMILES string of the molecule is Cc1ccc(Nc2nncc(N(C)Cc3ccccc3)n2)cc1Br. The summed E-state index contributed by atoms with van der Waals surface area (Å²) in [5.41, 5.74) is 3.31. The number of aromatic nitrogens is 3. The molecule has 1 heterocycles. The van der Waals surface area contributed by atoms with E-state index in [9.17, 15) is 0 Å². The fraction of sp³-hybridized carbons (Fsp3) is 0.167. The second kappa shape index (κ2) is 7.40. The second-order valence-corrected chi connectivity index (χ2v) is 6.42. The lowest BCUT2D eigenvalue weighted by molar-refractivity contribution is 0.866. The maximum atomic E-state index is 4.54. The van der Waals surface area contributed by atoms with Crippen LogP contribution in [-0.2, 0) is 6.54 Å². The van der Waals surface area contributed by atoms with Gasteiger partial charge in [-0.05, 0) is 30.2 Å². The van der Waals surface area contributed by atoms with Crippen LogP contribution in [0.5, 0.6) is 0 Å². The molecule has 3 rings (SSSR count). The Morgan fingerprint density at radius 2 is 1.92 bits per heavy atom. The van der Waals surface area contributed by atoms with Crippen LogP contribution in [0, 0.1) is 6.92 Å². The number of nitrogens with one attached hydrogen (secondary N) is 1. The summed E-state index contributed by atoms with van der Waals surface area (Å²) in [6.45, 7) is 2.81. The number of aryl methyl sites for hydroxylation is 1. The third kappa shape index (κ3) is 4.08. The molecule has 0 atom stereocenters. The van der Waals surface area contributed by atoms with Gasteiger partial charge < -0.3 is 10.2 Å². The zero-order valence-electron chi connectivity index (χ0n) is 13.6. The van der Waals surface area contributed by atoms with Crippen molar-refractivity contribution in [1.29, 1.82) is 0 Å². The molecule has 24 heavy (non-hydrogen) atoms. The molecule has 0 radical (unpaired) electrons. The fourth-order valence-electron chi connectivity index (χ4n) is 2.27. The van der Waals surface area contributed by atoms with E-state index in [1.54, 1.807) is 6.20 Å². The molecule has 0 spiro atoms. The molecule has 0 unspecified atom stereocenters. The van der Waals surface area contributed by atoms with E-state index >= 15 is 0 Å². The van der Waals surface area contributed by atoms with Crippen LogP contribution in [0.25, 0.3) is 0 Å². The zero-order valence-corrected chi connectivity index (χ0v) is 15.2. The molecule has 0 saturated heterocycles. The van der Waals surface area contributed by atoms with Gasteiger partial charge in [-0.1, -0.05) is 52.3 Å². The number of hydrogen-bond donors (Lipinski definition) is 1. The average Bonchev–Trinajstić information content (AvgIpc) is 2.59. The van der Waals surface area contributed by atoms with Crippen molar-refractivity contribution < 1.29 is 0 Å². The summed E-state index contributed by atoms with van der Waals surface area (Å²) in [6, 6.07) is 16.3. The van der Waals surface area contributed by atoms with Crippen molar-refractivity contribution in [2.45, 2.75) is 13.5 Å². The van der Waals surface area contributed by atoms with Gasteiger partial charge in [-0.25, -0.2) is 0 Å². The van der Waals surface area contributed by atoms with Gasteiger partial charge in [-0.3, -0.25) is 0 Å². The molecule has 0 aliphatic carbocycles. The van der Waals surface area contributed by atoms with Crippen LogP contribution in [-0.4, -0.2) is 22.2 Å². The van der Waals surface area contributed by atoms with E-state index in [4.69, 9.17) is 0 Å². The highest BCUT2D eigenvalue weighted by atomic mass is 79.9. The molecule has 1 aromatic heterocycles. The molecule has 122 valence electrons. The van der Waals surface area contributed by atoms with Crippen LogP contribution >= 0.6 is 15.9 Å². The third-order valence-corrected chi connectivity index (χ3v) is 4.48. The lowest BCUT2D eigenvalue weighted by Gasteiger charge is -2.18. The van der Waals surface area contributed by atoms with Crippen molar-refractivity contribution in [3.8, 4) is 0 Å². The molecule has 1 N–H and O–H groups in total. The largest absolute Gasteiger partial charge is 0.354 e. The maximum Gasteiger partial charge on any atom is 0.249 e. The van der Waals surface area contributed by atoms with E-state index in [-0.39, 0.29) is 0 Å². The number of anilines is 3. The molecule has 0 saturated carbocycles. The molecule has 0 amide bonds. The van der Waals surface area contributed by atoms with E-state index in [0.717, 1.165) is 22.5 Å². The number of benzene rings is 2. The Hall–Kier alpha value is -2.47. The van der Waals surface area contributed by atoms with Gasteiger partial charge in [0.25, 0.3) is 0 Å². The summed E-state index contributed by atoms with van der Waals surface area (Å²) in [5, 5.41) is 11.3. The van der Waals surface area contributed by atoms with Gasteiger partial charge >= 0.3 is 0 Å². The summed E-state index contributed by atoms with van der Waals surface area (Å²) in [5.74, 6) is 1.24. The first-order chi connectivity index (χ1) is 11.6. The monoisotopic (exact) mass is 383 g/mol. The van der Waals surface area contributed by atoms with E-state index in [2.05, 4.69) is 48.6 Å². The van der Waals surface area contributed by atoms with Crippen LogP contribution in [0.15, 0.2) is 59.2 Å². The summed E-state index contributed by atoms with van der Waals surface area (Å²) in [4.78, 5) is 6.58. The summed E-state index contributed by atoms with van der Waals surface area (Å²) in [6.07, 6.45) is 1.67. The smallest absolute Gasteiger partial charge is 0.249 e. The van der Waals surface area contributed by atoms with E-state index in [0.29, 0.717) is 5.95 Å². The number of hydrogen-bond acceptors (Lipinski definition) is 5. The fourth-order valence-corrected chi connectivity index (χ4v) is 2.65. The predicted molar refractivity (Wildman–Crippen MR) is 101 cm³/mol. The van der Waals surface area contributed by atoms with Crippen LogP contribution < -0.4 is 10.2 Å². The van der Waals surface area contributed by atoms with Crippen molar-refractivity contribution in [3.63, 3.8) is 0 Å². The molecule has 3 aromatic rings. The van der Waals surface area contributed by atoms with Gasteiger partial charge in [0, 0.05) is 23.8 Å². The highest BCUT2D eigenvalue weighted by Crippen LogP contribution is 2.22. The van der Waals surface area contributed by atoms with Gasteiger partial charge in [0.15, 0.2) is 5.82 Å². The minimum atomic E-state index is 0.475. The normalized spacial score (nSPS) is 10.5. The lowest BCUT2D eigenvalue weighted by atomic mass is 10.2. The number of nitrogens with zero attached hydrogens (tertiary/aromatic N) is 4. The molecular weight excluding hydrogens is 366 g/mol. The standard InChI is InChI=1S/C18H18BrN5/c1-13-8-9-15(10-16(13)19)21-18-22-17(11-20-23-18)24(2)12-14-6-4-3-5-7-14/h3-11H,12H2,1-2H3,(H,21,22,23). The lowest BCUT2D eigenvalue weighted by Crippen LogP contribution is -2.18. The average molecular weight is 384 g/mol. The van der Waals surface area contributed by atoms with Crippen molar-refractivity contribution in [2.75, 3.05) is 17.3 Å². The molecule has 0 fully saturated rings. The molecule has 0 aliphatic heterocycles. The van der Waals surface area contributed by atoms with Crippen LogP contribution in [0.3, 0.4) is 0 Å². The third-order valence-electron chi connectivity index (χ3n) is 3.63. The van der Waals surface area contributed by atoms with E-state index < -0.39 is 0 Å². The summed E-state index contributed by atoms with van der Waals surface area (Å²) in [7, 11) is 1.99. The van der Waals surface area contributed by atoms with E-state index in [1.165, 1.54) is 11.1 Å². The highest BCUT2D eigenvalue weighted by molar-refractivity contribution is 9.10. The van der Waals surface area contributed by atoms with Gasteiger partial charge in [-0.2, -0.15) is 10.1 Å². The Bertz CT molecular complexity index is 823. The minimum absolute atomic E-state index is 0.475. The van der Waals surface area contributed by atoms with Gasteiger partial charge in [0.1, 0.15) is 0 Å². The topological polar surface area (TPSA) is 53.9 Å². The minimum Gasteiger partial charge on any atom is -0.354 e. The first-order valence-electron chi connectivity index (χ1n) is 7.60. The molecular formula is C18H18BrN5. The van der Waals surface area contributed by atoms with Crippen molar-refractivity contribution in [1.82, 2.24) is 15.2 Å². The van der Waals surface area contributed by atoms with Crippen molar-refractivity contribution in [2.24, 2.45) is 0 Å². The number of halogens is 1. The Labute approximate surface area is 149 Å². The Balaban J connectivity index is 1.74. The summed E-state index contributed by atoms with van der Waals surface area (Å²) >= 11 is 3.53. The second-order valence-electron chi connectivity index (χ2n) is 5.57. The molecule has 6 heteroatoms. The quantitative estimate of drug-likeness (QED) is 0.710. The zero-order chi connectivity index (χ0) is 16.9. The summed E-state index contributed by atoms with van der Waals surface area (Å²) < 4.78 is 1.04. The van der Waals surface area contributed by atoms with Crippen LogP contribution in [0.4, 0.5) is 17.5 Å². The van der Waals surface area contributed by atoms with Gasteiger partial charge in [0.2, 0.25) is 5.95 Å². The van der Waals surface area contributed by atoms with Crippen molar-refractivity contribution in [3.05, 3.63) is 70.3 Å². The van der Waals surface area contributed by atoms with Gasteiger partial charge in [-0.15, -0.1) is 5.10 Å². The first-order valence-corrected chi connectivity index (χ1v) is 8.39. The molecule has 0 bridgehead atoms. The predicted octanol–water partition coefficient (Wildman–Crippen LogP) is 4.32. The first kappa shape index (κ1) is 16.4. The van der Waals surface area contributed by atoms with Gasteiger partial charge in [0.05, 0.1) is 6.20 Å². The van der Waals surface area contributed by atoms with E-state index in [1.807, 2.05) is 55.3 Å². The maximum absolute atomic E-state index is 4.54. The Kier molecular flexibility index (Phi) is 5.05. The Morgan fingerprint density at radius 1 is 1.12 bits per heavy atom. The molecule has 0 aliphatic rings.